The van der Waals surface area contributed by atoms with E-state index in [2.05, 4.69) is 39.0 Å². The lowest BCUT2D eigenvalue weighted by molar-refractivity contribution is 0.0268. The van der Waals surface area contributed by atoms with E-state index in [1.165, 1.54) is 6.42 Å². The van der Waals surface area contributed by atoms with E-state index >= 15 is 0 Å². The van der Waals surface area contributed by atoms with Gasteiger partial charge >= 0.3 is 6.09 Å². The number of piperidine rings is 2. The fraction of sp³-hybridized carbons (Fsp3) is 0.593. The van der Waals surface area contributed by atoms with Gasteiger partial charge < -0.3 is 15.0 Å². The molecule has 4 aliphatic rings. The fourth-order valence-electron chi connectivity index (χ4n) is 4.89. The maximum atomic E-state index is 12.1. The minimum Gasteiger partial charge on any atom is -0.444 e. The third-order valence-electron chi connectivity index (χ3n) is 6.98. The van der Waals surface area contributed by atoms with Gasteiger partial charge in [-0.3, -0.25) is 0 Å². The second kappa shape index (κ2) is 8.92. The molecule has 2 aromatic heterocycles. The number of carbonyl (C=O) groups is 1. The molecule has 0 radical (unpaired) electrons. The third-order valence-corrected chi connectivity index (χ3v) is 8.52. The number of hydrogen-bond donors (Lipinski definition) is 1. The summed E-state index contributed by atoms with van der Waals surface area (Å²) in [6.45, 7) is 13.4. The third kappa shape index (κ3) is 5.56. The summed E-state index contributed by atoms with van der Waals surface area (Å²) in [6, 6.07) is 0. The summed E-state index contributed by atoms with van der Waals surface area (Å²) in [6.07, 6.45) is 2.15. The number of hydrogen-bond acceptors (Lipinski definition) is 7. The lowest BCUT2D eigenvalue weighted by atomic mass is 10.1. The highest BCUT2D eigenvalue weighted by Gasteiger charge is 2.60. The Labute approximate surface area is 215 Å². The molecule has 4 atom stereocenters. The van der Waals surface area contributed by atoms with Crippen LogP contribution in [0, 0.1) is 60.2 Å². The van der Waals surface area contributed by atoms with Crippen molar-refractivity contribution in [2.75, 3.05) is 26.2 Å². The van der Waals surface area contributed by atoms with Crippen LogP contribution >= 0.6 is 22.7 Å². The van der Waals surface area contributed by atoms with E-state index in [1.807, 2.05) is 45.4 Å². The van der Waals surface area contributed by atoms with Crippen LogP contribution in [0.25, 0.3) is 0 Å². The Hall–Kier alpha value is -2.39. The van der Waals surface area contributed by atoms with Crippen LogP contribution in [0.5, 0.6) is 0 Å². The van der Waals surface area contributed by atoms with Crippen molar-refractivity contribution in [2.24, 2.45) is 22.7 Å². The zero-order valence-electron chi connectivity index (χ0n) is 21.0. The molecule has 0 bridgehead atoms. The number of aryl methyl sites for hydroxylation is 2. The van der Waals surface area contributed by atoms with Gasteiger partial charge in [0.15, 0.2) is 0 Å². The van der Waals surface area contributed by atoms with E-state index in [9.17, 15) is 4.79 Å². The van der Waals surface area contributed by atoms with Crippen molar-refractivity contribution < 1.29 is 9.53 Å². The molecule has 2 saturated carbocycles. The monoisotopic (exact) mass is 508 g/mol. The van der Waals surface area contributed by atoms with Crippen molar-refractivity contribution in [2.45, 2.75) is 53.1 Å². The Morgan fingerprint density at radius 2 is 1.66 bits per heavy atom. The average Bonchev–Trinajstić information content (AvgIpc) is 3.27. The zero-order chi connectivity index (χ0) is 24.8. The smallest absolute Gasteiger partial charge is 0.410 e. The molecule has 1 N–H and O–H groups in total. The number of likely N-dealkylation sites (tertiary alicyclic amines) is 1. The summed E-state index contributed by atoms with van der Waals surface area (Å²) in [7, 11) is 0. The number of ether oxygens (including phenoxy) is 1. The van der Waals surface area contributed by atoms with Crippen molar-refractivity contribution >= 4 is 28.8 Å². The zero-order valence-corrected chi connectivity index (χ0v) is 22.7. The first-order valence-corrected chi connectivity index (χ1v) is 13.9. The molecule has 2 aromatic rings. The Morgan fingerprint density at radius 3 is 2.14 bits per heavy atom. The molecule has 2 aliphatic heterocycles. The van der Waals surface area contributed by atoms with Gasteiger partial charge in [0.2, 0.25) is 0 Å². The van der Waals surface area contributed by atoms with Gasteiger partial charge in [0, 0.05) is 35.8 Å². The second-order valence-electron chi connectivity index (χ2n) is 11.1. The summed E-state index contributed by atoms with van der Waals surface area (Å²) < 4.78 is 5.43. The number of nitrogens with zero attached hydrogens (tertiary/aromatic N) is 3. The molecule has 0 aromatic carbocycles. The van der Waals surface area contributed by atoms with Crippen molar-refractivity contribution in [3.63, 3.8) is 0 Å². The lowest BCUT2D eigenvalue weighted by Gasteiger charge is -2.25. The van der Waals surface area contributed by atoms with Gasteiger partial charge in [-0.15, -0.1) is 22.7 Å². The Morgan fingerprint density at radius 1 is 1.06 bits per heavy atom. The van der Waals surface area contributed by atoms with Crippen LogP contribution in [-0.4, -0.2) is 52.7 Å². The van der Waals surface area contributed by atoms with Crippen LogP contribution in [0.4, 0.5) is 4.79 Å². The van der Waals surface area contributed by atoms with Gasteiger partial charge in [-0.2, -0.15) is 0 Å². The minimum atomic E-state index is -0.444. The number of aromatic nitrogens is 2. The highest BCUT2D eigenvalue weighted by molar-refractivity contribution is 7.09. The predicted molar refractivity (Wildman–Crippen MR) is 139 cm³/mol. The molecule has 35 heavy (non-hydrogen) atoms. The molecule has 2 saturated heterocycles. The van der Waals surface area contributed by atoms with Gasteiger partial charge in [0.25, 0.3) is 0 Å². The van der Waals surface area contributed by atoms with E-state index in [1.54, 1.807) is 27.6 Å². The molecule has 4 fully saturated rings. The predicted octanol–water partition coefficient (Wildman–Crippen LogP) is 4.47. The molecule has 8 heteroatoms. The van der Waals surface area contributed by atoms with Crippen LogP contribution in [0.15, 0.2) is 10.8 Å². The highest BCUT2D eigenvalue weighted by Crippen LogP contribution is 2.57. The summed E-state index contributed by atoms with van der Waals surface area (Å²) >= 11 is 3.28. The highest BCUT2D eigenvalue weighted by atomic mass is 32.1. The number of carbonyl (C=O) groups excluding carboxylic acids is 1. The largest absolute Gasteiger partial charge is 0.444 e. The van der Waals surface area contributed by atoms with Crippen LogP contribution < -0.4 is 5.32 Å². The van der Waals surface area contributed by atoms with Gasteiger partial charge in [0.05, 0.1) is 15.4 Å². The Bertz CT molecular complexity index is 1250. The number of amides is 1. The molecular weight excluding hydrogens is 476 g/mol. The SMILES string of the molecule is Cc1nc(C#CC23CC2CN(C(=O)OC(C)(C)C)C3)cs1.Cc1nc(C#CC23CNCC2C3)cs1. The van der Waals surface area contributed by atoms with Crippen molar-refractivity contribution in [3.8, 4) is 23.7 Å². The molecule has 4 heterocycles. The minimum absolute atomic E-state index is 0.0194. The van der Waals surface area contributed by atoms with Crippen LogP contribution in [-0.2, 0) is 4.74 Å². The molecule has 4 unspecified atom stereocenters. The Balaban J connectivity index is 0.000000156. The van der Waals surface area contributed by atoms with Crippen molar-refractivity contribution in [1.29, 1.82) is 0 Å². The first-order chi connectivity index (χ1) is 16.6. The van der Waals surface area contributed by atoms with Gasteiger partial charge in [-0.25, -0.2) is 14.8 Å². The van der Waals surface area contributed by atoms with Gasteiger partial charge in [0.1, 0.15) is 17.0 Å². The summed E-state index contributed by atoms with van der Waals surface area (Å²) in [4.78, 5) is 22.6. The van der Waals surface area contributed by atoms with Crippen LogP contribution in [0.3, 0.4) is 0 Å². The van der Waals surface area contributed by atoms with Crippen LogP contribution in [0.1, 0.15) is 55.0 Å². The number of thiazole rings is 2. The van der Waals surface area contributed by atoms with E-state index in [0.29, 0.717) is 17.9 Å². The lowest BCUT2D eigenvalue weighted by Crippen LogP contribution is -2.37. The number of fused-ring (bicyclic) bond motifs is 2. The molecule has 6 rings (SSSR count). The normalized spacial score (nSPS) is 29.5. The van der Waals surface area contributed by atoms with Crippen LogP contribution in [0.2, 0.25) is 0 Å². The quantitative estimate of drug-likeness (QED) is 0.532. The molecular formula is C27H32N4O2S2. The van der Waals surface area contributed by atoms with Gasteiger partial charge in [-0.05, 0) is 77.7 Å². The average molecular weight is 509 g/mol. The topological polar surface area (TPSA) is 67.4 Å². The van der Waals surface area contributed by atoms with Crippen molar-refractivity contribution in [1.82, 2.24) is 20.2 Å². The van der Waals surface area contributed by atoms with Crippen molar-refractivity contribution in [3.05, 3.63) is 32.2 Å². The second-order valence-corrected chi connectivity index (χ2v) is 13.2. The fourth-order valence-corrected chi connectivity index (χ4v) is 5.98. The number of rotatable bonds is 0. The molecule has 184 valence electrons. The van der Waals surface area contributed by atoms with E-state index in [0.717, 1.165) is 53.4 Å². The van der Waals surface area contributed by atoms with Gasteiger partial charge in [-0.1, -0.05) is 11.8 Å². The molecule has 6 nitrogen and oxygen atoms in total. The maximum Gasteiger partial charge on any atom is 0.410 e. The Kier molecular flexibility index (Phi) is 6.20. The van der Waals surface area contributed by atoms with E-state index in [4.69, 9.17) is 4.74 Å². The van der Waals surface area contributed by atoms with E-state index < -0.39 is 5.60 Å². The summed E-state index contributed by atoms with van der Waals surface area (Å²) in [5, 5.41) is 9.54. The molecule has 2 aliphatic carbocycles. The molecule has 0 spiro atoms. The summed E-state index contributed by atoms with van der Waals surface area (Å²) in [5.74, 6) is 14.4. The first-order valence-electron chi connectivity index (χ1n) is 12.2. The summed E-state index contributed by atoms with van der Waals surface area (Å²) in [5.41, 5.74) is 1.64. The maximum absolute atomic E-state index is 12.1. The standard InChI is InChI=1S/C16H20N2O2S.C11H12N2S/c1-11-17-13(9-21-11)5-6-16-7-12(16)8-18(10-16)14(19)20-15(2,3)4;1-8-13-10(6-14-8)2-3-11-4-9(11)5-12-7-11/h9,12H,7-8,10H2,1-4H3;6,9,12H,4-5,7H2,1H3. The first kappa shape index (κ1) is 24.3. The van der Waals surface area contributed by atoms with E-state index in [-0.39, 0.29) is 11.5 Å². The molecule has 1 amide bonds. The number of nitrogens with one attached hydrogen (secondary N) is 1.